The fourth-order valence-corrected chi connectivity index (χ4v) is 3.67. The molecule has 0 spiro atoms. The van der Waals surface area contributed by atoms with Crippen molar-refractivity contribution in [3.05, 3.63) is 65.5 Å². The highest BCUT2D eigenvalue weighted by molar-refractivity contribution is 6.03. The van der Waals surface area contributed by atoms with E-state index in [2.05, 4.69) is 23.3 Å². The number of halogens is 6. The van der Waals surface area contributed by atoms with Crippen LogP contribution < -0.4 is 15.5 Å². The Hall–Kier alpha value is -3.60. The predicted molar refractivity (Wildman–Crippen MR) is 146 cm³/mol. The molecule has 1 aliphatic rings. The number of unbranched alkanes of at least 4 members (excludes halogenated alkanes) is 1. The van der Waals surface area contributed by atoms with Gasteiger partial charge in [0.1, 0.15) is 11.8 Å². The number of pyridine rings is 1. The third-order valence-electron chi connectivity index (χ3n) is 5.62. The summed E-state index contributed by atoms with van der Waals surface area (Å²) >= 11 is 0. The molecule has 2 heterocycles. The first-order valence-corrected chi connectivity index (χ1v) is 12.8. The minimum absolute atomic E-state index is 0.0485. The summed E-state index contributed by atoms with van der Waals surface area (Å²) in [7, 11) is 1.44. The van der Waals surface area contributed by atoms with Crippen LogP contribution in [-0.4, -0.2) is 53.8 Å². The second-order valence-corrected chi connectivity index (χ2v) is 9.49. The molecule has 2 aromatic rings. The van der Waals surface area contributed by atoms with Crippen molar-refractivity contribution in [2.75, 3.05) is 13.7 Å². The molecule has 3 rings (SSSR count). The van der Waals surface area contributed by atoms with Crippen LogP contribution in [0.1, 0.15) is 50.8 Å². The number of carbonyl (C=O) groups excluding carboxylic acids is 1. The Balaban J connectivity index is 0.000000465. The number of rotatable bonds is 10. The molecule has 0 bridgehead atoms. The number of ether oxygens (including phenoxy) is 1. The lowest BCUT2D eigenvalue weighted by molar-refractivity contribution is -0.213. The SMILES string of the molecule is C#C.COc1ccc(C2=C(CNOC(C)(C)O)C(=O)N[C@@H](C(F)(F)F)C2)nc1.FC(F)(F)CCCCc1ccccc1. The molecule has 0 saturated heterocycles. The van der Waals surface area contributed by atoms with Crippen molar-refractivity contribution in [1.82, 2.24) is 15.8 Å². The van der Waals surface area contributed by atoms with Gasteiger partial charge in [0.2, 0.25) is 5.91 Å². The van der Waals surface area contributed by atoms with Crippen molar-refractivity contribution in [3.8, 4) is 18.6 Å². The quantitative estimate of drug-likeness (QED) is 0.105. The van der Waals surface area contributed by atoms with Crippen LogP contribution in [0.4, 0.5) is 26.3 Å². The van der Waals surface area contributed by atoms with Gasteiger partial charge in [-0.25, -0.2) is 0 Å². The molecule has 42 heavy (non-hydrogen) atoms. The molecule has 0 aliphatic carbocycles. The number of carbonyl (C=O) groups is 1. The van der Waals surface area contributed by atoms with E-state index in [1.807, 2.05) is 35.6 Å². The Bertz CT molecular complexity index is 1140. The van der Waals surface area contributed by atoms with E-state index in [1.165, 1.54) is 33.2 Å². The highest BCUT2D eigenvalue weighted by Crippen LogP contribution is 2.34. The van der Waals surface area contributed by atoms with Gasteiger partial charge in [0, 0.05) is 18.4 Å². The first kappa shape index (κ1) is 36.4. The van der Waals surface area contributed by atoms with Crippen LogP contribution in [0, 0.1) is 12.8 Å². The molecule has 1 aliphatic heterocycles. The zero-order valence-corrected chi connectivity index (χ0v) is 23.5. The number of hydrogen-bond donors (Lipinski definition) is 3. The number of alkyl halides is 6. The van der Waals surface area contributed by atoms with Gasteiger partial charge in [-0.2, -0.15) is 31.8 Å². The summed E-state index contributed by atoms with van der Waals surface area (Å²) in [6.45, 7) is 2.52. The zero-order chi connectivity index (χ0) is 32.0. The van der Waals surface area contributed by atoms with Crippen LogP contribution in [0.5, 0.6) is 5.75 Å². The van der Waals surface area contributed by atoms with Crippen LogP contribution in [-0.2, 0) is 16.1 Å². The van der Waals surface area contributed by atoms with E-state index in [1.54, 1.807) is 6.07 Å². The first-order chi connectivity index (χ1) is 19.6. The summed E-state index contributed by atoms with van der Waals surface area (Å²) in [6.07, 6.45) is 1.19. The number of nitrogens with zero attached hydrogens (tertiary/aromatic N) is 1. The molecule has 1 aromatic heterocycles. The molecule has 0 fully saturated rings. The van der Waals surface area contributed by atoms with Gasteiger partial charge in [-0.05, 0) is 56.4 Å². The molecular weight excluding hydrogens is 568 g/mol. The Morgan fingerprint density at radius 1 is 1.05 bits per heavy atom. The summed E-state index contributed by atoms with van der Waals surface area (Å²) in [6, 6.07) is 10.6. The maximum absolute atomic E-state index is 13.1. The summed E-state index contributed by atoms with van der Waals surface area (Å²) < 4.78 is 79.6. The maximum atomic E-state index is 13.1. The lowest BCUT2D eigenvalue weighted by atomic mass is 9.92. The summed E-state index contributed by atoms with van der Waals surface area (Å²) in [4.78, 5) is 21.2. The summed E-state index contributed by atoms with van der Waals surface area (Å²) in [5, 5.41) is 11.5. The molecule has 3 N–H and O–H groups in total. The zero-order valence-electron chi connectivity index (χ0n) is 23.5. The smallest absolute Gasteiger partial charge is 0.408 e. The Morgan fingerprint density at radius 2 is 1.69 bits per heavy atom. The highest BCUT2D eigenvalue weighted by Gasteiger charge is 2.44. The standard InChI is InChI=1S/C16H20F3N3O4.C11H13F3.C2H2/c1-15(2,24)26-21-8-11-10(12-5-4-9(25-3)7-20-12)6-13(16(17,18)19)22-14(11)23;12-11(13,14)9-5-4-8-10-6-2-1-3-7-10;1-2/h4-5,7,13,21,24H,6,8H2,1-3H3,(H,22,23);1-3,6-7H,4-5,8-9H2;1-2H/t13-;;/m1../s1. The minimum atomic E-state index is -4.59. The van der Waals surface area contributed by atoms with Crippen LogP contribution in [0.15, 0.2) is 54.2 Å². The second-order valence-electron chi connectivity index (χ2n) is 9.49. The topological polar surface area (TPSA) is 92.7 Å². The number of aryl methyl sites for hydroxylation is 1. The van der Waals surface area contributed by atoms with Crippen molar-refractivity contribution in [2.45, 2.75) is 70.1 Å². The Kier molecular flexibility index (Phi) is 14.5. The van der Waals surface area contributed by atoms with Gasteiger partial charge < -0.3 is 15.2 Å². The van der Waals surface area contributed by atoms with Gasteiger partial charge >= 0.3 is 12.4 Å². The molecule has 13 heteroatoms. The van der Waals surface area contributed by atoms with Crippen molar-refractivity contribution >= 4 is 11.5 Å². The van der Waals surface area contributed by atoms with Gasteiger partial charge in [0.05, 0.1) is 25.5 Å². The number of hydroxylamine groups is 1. The second kappa shape index (κ2) is 16.7. The van der Waals surface area contributed by atoms with E-state index in [0.717, 1.165) is 12.0 Å². The summed E-state index contributed by atoms with van der Waals surface area (Å²) in [5.41, 5.74) is 3.93. The third kappa shape index (κ3) is 13.8. The van der Waals surface area contributed by atoms with Crippen LogP contribution in [0.25, 0.3) is 5.57 Å². The molecule has 1 atom stereocenters. The number of amides is 1. The van der Waals surface area contributed by atoms with Crippen molar-refractivity contribution in [1.29, 1.82) is 0 Å². The lowest BCUT2D eigenvalue weighted by Gasteiger charge is -2.30. The number of benzene rings is 1. The average Bonchev–Trinajstić information content (AvgIpc) is 2.92. The molecule has 0 radical (unpaired) electrons. The van der Waals surface area contributed by atoms with E-state index < -0.39 is 42.9 Å². The van der Waals surface area contributed by atoms with E-state index >= 15 is 0 Å². The normalized spacial score (nSPS) is 15.5. The average molecular weight is 604 g/mol. The first-order valence-electron chi connectivity index (χ1n) is 12.8. The van der Waals surface area contributed by atoms with Crippen molar-refractivity contribution in [2.24, 2.45) is 0 Å². The number of aliphatic hydroxyl groups is 1. The van der Waals surface area contributed by atoms with E-state index in [9.17, 15) is 36.2 Å². The number of hydrogen-bond acceptors (Lipinski definition) is 6. The van der Waals surface area contributed by atoms with E-state index in [4.69, 9.17) is 9.57 Å². The fraction of sp³-hybridized carbons (Fsp3) is 0.448. The molecule has 0 saturated carbocycles. The van der Waals surface area contributed by atoms with Gasteiger partial charge in [0.15, 0.2) is 5.79 Å². The Morgan fingerprint density at radius 3 is 2.19 bits per heavy atom. The van der Waals surface area contributed by atoms with Gasteiger partial charge in [-0.1, -0.05) is 30.3 Å². The highest BCUT2D eigenvalue weighted by atomic mass is 19.4. The Labute approximate surface area is 241 Å². The van der Waals surface area contributed by atoms with Crippen molar-refractivity contribution in [3.63, 3.8) is 0 Å². The fourth-order valence-electron chi connectivity index (χ4n) is 3.67. The molecule has 0 unspecified atom stereocenters. The van der Waals surface area contributed by atoms with Gasteiger partial charge in [-0.15, -0.1) is 12.8 Å². The predicted octanol–water partition coefficient (Wildman–Crippen LogP) is 5.76. The minimum Gasteiger partial charge on any atom is -0.495 e. The largest absolute Gasteiger partial charge is 0.495 e. The molecule has 1 amide bonds. The van der Waals surface area contributed by atoms with Crippen LogP contribution in [0.2, 0.25) is 0 Å². The number of aromatic nitrogens is 1. The number of methoxy groups -OCH3 is 1. The molecule has 7 nitrogen and oxygen atoms in total. The lowest BCUT2D eigenvalue weighted by Crippen LogP contribution is -2.50. The number of terminal acetylenes is 1. The van der Waals surface area contributed by atoms with Gasteiger partial charge in [-0.3, -0.25) is 14.6 Å². The van der Waals surface area contributed by atoms with E-state index in [-0.39, 0.29) is 29.8 Å². The maximum Gasteiger partial charge on any atom is 0.408 e. The molecule has 232 valence electrons. The monoisotopic (exact) mass is 603 g/mol. The molecular formula is C29H35F6N3O4. The molecule has 1 aromatic carbocycles. The number of nitrogens with one attached hydrogen (secondary N) is 2. The van der Waals surface area contributed by atoms with Crippen LogP contribution in [0.3, 0.4) is 0 Å². The van der Waals surface area contributed by atoms with Crippen molar-refractivity contribution < 1.29 is 45.8 Å². The third-order valence-corrected chi connectivity index (χ3v) is 5.62. The summed E-state index contributed by atoms with van der Waals surface area (Å²) in [5.74, 6) is -1.95. The van der Waals surface area contributed by atoms with E-state index in [0.29, 0.717) is 12.2 Å². The van der Waals surface area contributed by atoms with Gasteiger partial charge in [0.25, 0.3) is 0 Å². The van der Waals surface area contributed by atoms with Crippen LogP contribution >= 0.6 is 0 Å².